The molecule has 0 saturated carbocycles. The first-order valence-electron chi connectivity index (χ1n) is 10.3. The quantitative estimate of drug-likeness (QED) is 0.513. The molecule has 0 unspecified atom stereocenters. The molecule has 174 valence electrons. The molecule has 0 saturated heterocycles. The molecule has 0 spiro atoms. The van der Waals surface area contributed by atoms with Crippen LogP contribution in [0.15, 0.2) is 36.4 Å². The first kappa shape index (κ1) is 25.1. The van der Waals surface area contributed by atoms with Gasteiger partial charge in [0.05, 0.1) is 19.8 Å². The average Bonchev–Trinajstić information content (AvgIpc) is 2.75. The van der Waals surface area contributed by atoms with Crippen LogP contribution < -0.4 is 29.8 Å². The molecule has 0 atom stereocenters. The Morgan fingerprint density at radius 2 is 1.41 bits per heavy atom. The summed E-state index contributed by atoms with van der Waals surface area (Å²) in [5.41, 5.74) is 3.77. The predicted molar refractivity (Wildman–Crippen MR) is 122 cm³/mol. The maximum absolute atomic E-state index is 12.7. The fraction of sp³-hybridized carbons (Fsp3) is 0.391. The monoisotopic (exact) mass is 464 g/mol. The summed E-state index contributed by atoms with van der Waals surface area (Å²) in [4.78, 5) is 25.3. The minimum absolute atomic E-state index is 0.233. The second kappa shape index (κ2) is 11.5. The van der Waals surface area contributed by atoms with E-state index in [4.69, 9.17) is 30.5 Å². The van der Waals surface area contributed by atoms with Crippen LogP contribution in [0.4, 0.5) is 0 Å². The van der Waals surface area contributed by atoms with Crippen LogP contribution in [0.25, 0.3) is 0 Å². The highest BCUT2D eigenvalue weighted by Gasteiger charge is 2.30. The van der Waals surface area contributed by atoms with Crippen molar-refractivity contribution in [2.24, 2.45) is 0 Å². The Morgan fingerprint density at radius 1 is 0.875 bits per heavy atom. The van der Waals surface area contributed by atoms with E-state index in [1.807, 2.05) is 20.8 Å². The molecular weight excluding hydrogens is 436 g/mol. The Kier molecular flexibility index (Phi) is 9.02. The van der Waals surface area contributed by atoms with Crippen molar-refractivity contribution in [1.29, 1.82) is 0 Å². The van der Waals surface area contributed by atoms with Gasteiger partial charge in [-0.15, -0.1) is 0 Å². The molecule has 9 heteroatoms. The van der Waals surface area contributed by atoms with Crippen LogP contribution in [-0.4, -0.2) is 37.2 Å². The zero-order valence-corrected chi connectivity index (χ0v) is 19.7. The number of halogens is 1. The van der Waals surface area contributed by atoms with Gasteiger partial charge in [0.1, 0.15) is 5.75 Å². The SMILES string of the molecule is CCOc1cc(C(=O)NNC(=O)C(C)(C)Oc2ccc(Cl)cc2)cc(OCC)c1OCC. The molecule has 0 aliphatic carbocycles. The number of benzene rings is 2. The first-order chi connectivity index (χ1) is 15.2. The molecule has 0 aliphatic heterocycles. The minimum Gasteiger partial charge on any atom is -0.490 e. The third kappa shape index (κ3) is 6.68. The van der Waals surface area contributed by atoms with E-state index in [1.165, 1.54) is 12.1 Å². The van der Waals surface area contributed by atoms with Gasteiger partial charge in [-0.3, -0.25) is 20.4 Å². The van der Waals surface area contributed by atoms with Gasteiger partial charge in [-0.2, -0.15) is 0 Å². The van der Waals surface area contributed by atoms with Crippen molar-refractivity contribution in [1.82, 2.24) is 10.9 Å². The second-order valence-electron chi connectivity index (χ2n) is 7.08. The van der Waals surface area contributed by atoms with Crippen LogP contribution in [0.5, 0.6) is 23.0 Å². The maximum atomic E-state index is 12.7. The highest BCUT2D eigenvalue weighted by Crippen LogP contribution is 2.39. The smallest absolute Gasteiger partial charge is 0.281 e. The van der Waals surface area contributed by atoms with Crippen molar-refractivity contribution >= 4 is 23.4 Å². The van der Waals surface area contributed by atoms with E-state index < -0.39 is 17.4 Å². The molecule has 0 fully saturated rings. The molecule has 0 radical (unpaired) electrons. The maximum Gasteiger partial charge on any atom is 0.281 e. The van der Waals surface area contributed by atoms with Crippen LogP contribution >= 0.6 is 11.6 Å². The lowest BCUT2D eigenvalue weighted by Gasteiger charge is -2.25. The van der Waals surface area contributed by atoms with Gasteiger partial charge in [0, 0.05) is 10.6 Å². The summed E-state index contributed by atoms with van der Waals surface area (Å²) in [5.74, 6) is 0.558. The third-order valence-corrected chi connectivity index (χ3v) is 4.45. The number of hydrogen-bond acceptors (Lipinski definition) is 6. The molecule has 32 heavy (non-hydrogen) atoms. The third-order valence-electron chi connectivity index (χ3n) is 4.19. The summed E-state index contributed by atoms with van der Waals surface area (Å²) in [7, 11) is 0. The summed E-state index contributed by atoms with van der Waals surface area (Å²) in [6, 6.07) is 9.69. The molecule has 2 N–H and O–H groups in total. The number of rotatable bonds is 10. The van der Waals surface area contributed by atoms with Crippen LogP contribution in [-0.2, 0) is 4.79 Å². The van der Waals surface area contributed by atoms with Crippen LogP contribution in [0.2, 0.25) is 5.02 Å². The molecule has 2 amide bonds. The van der Waals surface area contributed by atoms with Crippen molar-refractivity contribution < 1.29 is 28.5 Å². The molecule has 8 nitrogen and oxygen atoms in total. The predicted octanol–water partition coefficient (Wildman–Crippen LogP) is 4.15. The Morgan fingerprint density at radius 3 is 1.91 bits per heavy atom. The number of amides is 2. The van der Waals surface area contributed by atoms with Crippen molar-refractivity contribution in [3.63, 3.8) is 0 Å². The summed E-state index contributed by atoms with van der Waals surface area (Å²) < 4.78 is 22.6. The highest BCUT2D eigenvalue weighted by atomic mass is 35.5. The summed E-state index contributed by atoms with van der Waals surface area (Å²) in [6.07, 6.45) is 0. The van der Waals surface area contributed by atoms with Gasteiger partial charge in [0.25, 0.3) is 11.8 Å². The van der Waals surface area contributed by atoms with E-state index in [0.717, 1.165) is 0 Å². The Hall–Kier alpha value is -3.13. The topological polar surface area (TPSA) is 95.1 Å². The lowest BCUT2D eigenvalue weighted by Crippen LogP contribution is -2.53. The lowest BCUT2D eigenvalue weighted by molar-refractivity contribution is -0.135. The van der Waals surface area contributed by atoms with Gasteiger partial charge in [0.2, 0.25) is 5.75 Å². The first-order valence-corrected chi connectivity index (χ1v) is 10.7. The van der Waals surface area contributed by atoms with Crippen molar-refractivity contribution in [3.8, 4) is 23.0 Å². The fourth-order valence-electron chi connectivity index (χ4n) is 2.70. The lowest BCUT2D eigenvalue weighted by atomic mass is 10.1. The molecule has 2 aromatic rings. The number of carbonyl (C=O) groups is 2. The van der Waals surface area contributed by atoms with E-state index in [-0.39, 0.29) is 5.56 Å². The van der Waals surface area contributed by atoms with E-state index in [9.17, 15) is 9.59 Å². The van der Waals surface area contributed by atoms with E-state index in [2.05, 4.69) is 10.9 Å². The van der Waals surface area contributed by atoms with Crippen LogP contribution in [0.3, 0.4) is 0 Å². The zero-order valence-electron chi connectivity index (χ0n) is 18.9. The standard InChI is InChI=1S/C23H29ClN2O6/c1-6-29-18-13-15(14-19(30-7-2)20(18)31-8-3)21(27)25-26-22(28)23(4,5)32-17-11-9-16(24)10-12-17/h9-14H,6-8H2,1-5H3,(H,25,27)(H,26,28). The van der Waals surface area contributed by atoms with Crippen molar-refractivity contribution in [3.05, 3.63) is 47.0 Å². The number of ether oxygens (including phenoxy) is 4. The van der Waals surface area contributed by atoms with Crippen LogP contribution in [0.1, 0.15) is 45.0 Å². The largest absolute Gasteiger partial charge is 0.490 e. The van der Waals surface area contributed by atoms with Gasteiger partial charge in [-0.1, -0.05) is 11.6 Å². The van der Waals surface area contributed by atoms with E-state index >= 15 is 0 Å². The molecule has 0 heterocycles. The van der Waals surface area contributed by atoms with Gasteiger partial charge >= 0.3 is 0 Å². The van der Waals surface area contributed by atoms with E-state index in [1.54, 1.807) is 38.1 Å². The van der Waals surface area contributed by atoms with Crippen LogP contribution in [0, 0.1) is 0 Å². The van der Waals surface area contributed by atoms with Gasteiger partial charge in [0.15, 0.2) is 17.1 Å². The minimum atomic E-state index is -1.26. The molecule has 0 bridgehead atoms. The Balaban J connectivity index is 2.13. The average molecular weight is 465 g/mol. The van der Waals surface area contributed by atoms with Gasteiger partial charge in [-0.05, 0) is 71.0 Å². The van der Waals surface area contributed by atoms with Crippen molar-refractivity contribution in [2.75, 3.05) is 19.8 Å². The molecule has 2 rings (SSSR count). The summed E-state index contributed by atoms with van der Waals surface area (Å²) in [5, 5.41) is 0.556. The highest BCUT2D eigenvalue weighted by molar-refractivity contribution is 6.30. The zero-order chi connectivity index (χ0) is 23.7. The summed E-state index contributed by atoms with van der Waals surface area (Å²) in [6.45, 7) is 9.83. The molecule has 2 aromatic carbocycles. The summed E-state index contributed by atoms with van der Waals surface area (Å²) >= 11 is 5.87. The van der Waals surface area contributed by atoms with Gasteiger partial charge < -0.3 is 18.9 Å². The molecular formula is C23H29ClN2O6. The van der Waals surface area contributed by atoms with E-state index in [0.29, 0.717) is 47.8 Å². The van der Waals surface area contributed by atoms with Crippen molar-refractivity contribution in [2.45, 2.75) is 40.2 Å². The number of nitrogens with one attached hydrogen (secondary N) is 2. The van der Waals surface area contributed by atoms with Gasteiger partial charge in [-0.25, -0.2) is 0 Å². The number of hydrogen-bond donors (Lipinski definition) is 2. The normalized spacial score (nSPS) is 10.8. The molecule has 0 aliphatic rings. The number of carbonyl (C=O) groups excluding carboxylic acids is 2. The molecule has 0 aromatic heterocycles. The number of hydrazine groups is 1. The second-order valence-corrected chi connectivity index (χ2v) is 7.51. The fourth-order valence-corrected chi connectivity index (χ4v) is 2.83. The Labute approximate surface area is 193 Å². The Bertz CT molecular complexity index is 904.